The number of carbonyl (C=O) groups is 1. The molecule has 1 rings (SSSR count). The van der Waals surface area contributed by atoms with E-state index in [1.54, 1.807) is 16.2 Å². The first kappa shape index (κ1) is 11.9. The van der Waals surface area contributed by atoms with E-state index >= 15 is 0 Å². The molecule has 3 N–H and O–H groups in total. The van der Waals surface area contributed by atoms with Crippen molar-refractivity contribution in [2.24, 2.45) is 5.73 Å². The van der Waals surface area contributed by atoms with Gasteiger partial charge in [-0.05, 0) is 23.7 Å². The van der Waals surface area contributed by atoms with Crippen molar-refractivity contribution >= 4 is 34.6 Å². The molecule has 0 aromatic carbocycles. The number of rotatable bonds is 5. The van der Waals surface area contributed by atoms with Crippen LogP contribution in [0.15, 0.2) is 17.5 Å². The number of nitrogens with two attached hydrogens (primary N) is 1. The molecule has 0 bridgehead atoms. The summed E-state index contributed by atoms with van der Waals surface area (Å²) in [7, 11) is 0. The second-order valence-corrected chi connectivity index (χ2v) is 4.43. The molecule has 0 spiro atoms. The van der Waals surface area contributed by atoms with Crippen molar-refractivity contribution in [2.45, 2.75) is 13.0 Å². The number of thiophene rings is 1. The smallest absolute Gasteiger partial charge is 0.305 e. The van der Waals surface area contributed by atoms with Crippen molar-refractivity contribution in [2.75, 3.05) is 6.54 Å². The highest BCUT2D eigenvalue weighted by Crippen LogP contribution is 2.11. The summed E-state index contributed by atoms with van der Waals surface area (Å²) < 4.78 is 0. The highest BCUT2D eigenvalue weighted by molar-refractivity contribution is 7.80. The van der Waals surface area contributed by atoms with Gasteiger partial charge in [-0.1, -0.05) is 6.07 Å². The lowest BCUT2D eigenvalue weighted by atomic mass is 10.3. The Balaban J connectivity index is 2.51. The van der Waals surface area contributed by atoms with Crippen LogP contribution in [0.1, 0.15) is 11.3 Å². The van der Waals surface area contributed by atoms with Crippen molar-refractivity contribution < 1.29 is 9.90 Å². The van der Waals surface area contributed by atoms with Gasteiger partial charge in [0.25, 0.3) is 0 Å². The standard InChI is InChI=1S/C9H12N2O2S2/c10-9(14)11(4-3-8(12)13)6-7-2-1-5-15-7/h1-2,5H,3-4,6H2,(H2,10,14)(H,12,13). The van der Waals surface area contributed by atoms with Gasteiger partial charge < -0.3 is 15.7 Å². The fourth-order valence-electron chi connectivity index (χ4n) is 1.09. The minimum Gasteiger partial charge on any atom is -0.481 e. The molecule has 6 heteroatoms. The molecule has 0 saturated heterocycles. The summed E-state index contributed by atoms with van der Waals surface area (Å²) in [6, 6.07) is 3.91. The van der Waals surface area contributed by atoms with Gasteiger partial charge in [0.1, 0.15) is 0 Å². The summed E-state index contributed by atoms with van der Waals surface area (Å²) in [4.78, 5) is 13.2. The van der Waals surface area contributed by atoms with Crippen molar-refractivity contribution in [1.29, 1.82) is 0 Å². The molecule has 1 aromatic rings. The Morgan fingerprint density at radius 1 is 1.67 bits per heavy atom. The molecule has 82 valence electrons. The number of carboxylic acid groups (broad SMARTS) is 1. The van der Waals surface area contributed by atoms with Crippen molar-refractivity contribution in [3.05, 3.63) is 22.4 Å². The molecule has 0 aliphatic carbocycles. The second-order valence-electron chi connectivity index (χ2n) is 2.98. The van der Waals surface area contributed by atoms with Gasteiger partial charge in [-0.3, -0.25) is 4.79 Å². The maximum atomic E-state index is 10.4. The van der Waals surface area contributed by atoms with E-state index in [1.807, 2.05) is 17.5 Å². The zero-order valence-corrected chi connectivity index (χ0v) is 9.68. The van der Waals surface area contributed by atoms with Gasteiger partial charge in [0.15, 0.2) is 5.11 Å². The monoisotopic (exact) mass is 244 g/mol. The summed E-state index contributed by atoms with van der Waals surface area (Å²) in [6.07, 6.45) is 0.0444. The topological polar surface area (TPSA) is 66.6 Å². The van der Waals surface area contributed by atoms with Crippen molar-refractivity contribution in [1.82, 2.24) is 4.90 Å². The molecule has 0 amide bonds. The molecule has 0 aliphatic rings. The van der Waals surface area contributed by atoms with Crippen LogP contribution in [0, 0.1) is 0 Å². The maximum Gasteiger partial charge on any atom is 0.305 e. The Kier molecular flexibility index (Phi) is 4.51. The first-order valence-corrected chi connectivity index (χ1v) is 5.67. The average molecular weight is 244 g/mol. The first-order chi connectivity index (χ1) is 7.09. The lowest BCUT2D eigenvalue weighted by Crippen LogP contribution is -2.36. The van der Waals surface area contributed by atoms with E-state index in [4.69, 9.17) is 23.1 Å². The predicted octanol–water partition coefficient (Wildman–Crippen LogP) is 1.27. The molecule has 0 aliphatic heterocycles. The van der Waals surface area contributed by atoms with Gasteiger partial charge in [0.05, 0.1) is 13.0 Å². The lowest BCUT2D eigenvalue weighted by Gasteiger charge is -2.20. The lowest BCUT2D eigenvalue weighted by molar-refractivity contribution is -0.137. The van der Waals surface area contributed by atoms with E-state index < -0.39 is 5.97 Å². The van der Waals surface area contributed by atoms with Gasteiger partial charge in [-0.25, -0.2) is 0 Å². The molecule has 0 atom stereocenters. The second kappa shape index (κ2) is 5.67. The van der Waals surface area contributed by atoms with Crippen LogP contribution in [-0.2, 0) is 11.3 Å². The first-order valence-electron chi connectivity index (χ1n) is 4.38. The van der Waals surface area contributed by atoms with Gasteiger partial charge in [-0.2, -0.15) is 0 Å². The maximum absolute atomic E-state index is 10.4. The van der Waals surface area contributed by atoms with E-state index in [-0.39, 0.29) is 11.5 Å². The van der Waals surface area contributed by atoms with E-state index in [0.29, 0.717) is 13.1 Å². The highest BCUT2D eigenvalue weighted by Gasteiger charge is 2.09. The van der Waals surface area contributed by atoms with Crippen LogP contribution in [0.3, 0.4) is 0 Å². The number of carboxylic acids is 1. The third-order valence-corrected chi connectivity index (χ3v) is 2.95. The van der Waals surface area contributed by atoms with Crippen molar-refractivity contribution in [3.8, 4) is 0 Å². The van der Waals surface area contributed by atoms with E-state index in [2.05, 4.69) is 0 Å². The predicted molar refractivity (Wildman–Crippen MR) is 63.8 cm³/mol. The molecule has 1 heterocycles. The number of aliphatic carboxylic acids is 1. The van der Waals surface area contributed by atoms with E-state index in [0.717, 1.165) is 4.88 Å². The van der Waals surface area contributed by atoms with Crippen molar-refractivity contribution in [3.63, 3.8) is 0 Å². The molecule has 15 heavy (non-hydrogen) atoms. The van der Waals surface area contributed by atoms with Crippen LogP contribution >= 0.6 is 23.6 Å². The number of thiocarbonyl (C=S) groups is 1. The fraction of sp³-hybridized carbons (Fsp3) is 0.333. The minimum atomic E-state index is -0.845. The SMILES string of the molecule is NC(=S)N(CCC(=O)O)Cc1cccs1. The summed E-state index contributed by atoms with van der Waals surface area (Å²) in [6.45, 7) is 0.933. The highest BCUT2D eigenvalue weighted by atomic mass is 32.1. The van der Waals surface area contributed by atoms with Crippen LogP contribution in [0.2, 0.25) is 0 Å². The molecule has 0 radical (unpaired) electrons. The summed E-state index contributed by atoms with van der Waals surface area (Å²) in [5.41, 5.74) is 5.51. The van der Waals surface area contributed by atoms with Gasteiger partial charge in [-0.15, -0.1) is 11.3 Å². The molecular weight excluding hydrogens is 232 g/mol. The number of hydrogen-bond acceptors (Lipinski definition) is 3. The Morgan fingerprint density at radius 2 is 2.40 bits per heavy atom. The number of nitrogens with zero attached hydrogens (tertiary/aromatic N) is 1. The Bertz CT molecular complexity index is 338. The molecule has 1 aromatic heterocycles. The average Bonchev–Trinajstić information content (AvgIpc) is 2.63. The third kappa shape index (κ3) is 4.26. The zero-order valence-electron chi connectivity index (χ0n) is 8.05. The van der Waals surface area contributed by atoms with E-state index in [1.165, 1.54) is 0 Å². The Labute approximate surface area is 97.3 Å². The minimum absolute atomic E-state index is 0.0444. The van der Waals surface area contributed by atoms with Crippen LogP contribution in [0.5, 0.6) is 0 Å². The van der Waals surface area contributed by atoms with Gasteiger partial charge in [0.2, 0.25) is 0 Å². The fourth-order valence-corrected chi connectivity index (χ4v) is 1.96. The third-order valence-electron chi connectivity index (χ3n) is 1.83. The normalized spacial score (nSPS) is 9.87. The molecule has 4 nitrogen and oxygen atoms in total. The van der Waals surface area contributed by atoms with Crippen LogP contribution in [-0.4, -0.2) is 27.6 Å². The molecule has 0 unspecified atom stereocenters. The van der Waals surface area contributed by atoms with Crippen LogP contribution in [0.25, 0.3) is 0 Å². The Hall–Kier alpha value is -1.14. The quantitative estimate of drug-likeness (QED) is 0.764. The molecule has 0 saturated carbocycles. The van der Waals surface area contributed by atoms with Gasteiger partial charge >= 0.3 is 5.97 Å². The summed E-state index contributed by atoms with van der Waals surface area (Å²) >= 11 is 6.46. The summed E-state index contributed by atoms with van der Waals surface area (Å²) in [5, 5.41) is 10.8. The number of hydrogen-bond donors (Lipinski definition) is 2. The van der Waals surface area contributed by atoms with Crippen LogP contribution < -0.4 is 5.73 Å². The zero-order chi connectivity index (χ0) is 11.3. The van der Waals surface area contributed by atoms with Gasteiger partial charge in [0, 0.05) is 11.4 Å². The molecule has 0 fully saturated rings. The summed E-state index contributed by atoms with van der Waals surface area (Å²) in [5.74, 6) is -0.845. The largest absolute Gasteiger partial charge is 0.481 e. The van der Waals surface area contributed by atoms with E-state index in [9.17, 15) is 4.79 Å². The van der Waals surface area contributed by atoms with Crippen LogP contribution in [0.4, 0.5) is 0 Å². The molecular formula is C9H12N2O2S2. The Morgan fingerprint density at radius 3 is 2.87 bits per heavy atom.